The molecule has 1 aliphatic rings. The van der Waals surface area contributed by atoms with Crippen molar-refractivity contribution in [3.05, 3.63) is 36.5 Å². The summed E-state index contributed by atoms with van der Waals surface area (Å²) in [4.78, 5) is 51.0. The number of aliphatic hydroxyl groups is 2. The summed E-state index contributed by atoms with van der Waals surface area (Å²) in [5.74, 6) is -3.12. The minimum Gasteiger partial charge on any atom is -0.479 e. The standard InChI is InChI=1S/C59H104O12/c1-4-7-10-13-16-19-22-25-26-29-30-33-36-39-42-45-51(60)67-48-50(69-52(61)46-43-40-37-34-31-27-23-20-17-14-11-8-5-2)49-68-59-57(55(64)54(63)56(71-59)58(65)66)70-53(62)47-44-41-38-35-32-28-24-21-18-15-12-9-6-3/h7,10,16,19,25-26,50,54-57,59,63-64H,4-6,8-9,11-15,17-18,20-24,27-49H2,1-3H3,(H,65,66)/b10-7-,19-16-,26-25-. The molecule has 12 nitrogen and oxygen atoms in total. The fourth-order valence-corrected chi connectivity index (χ4v) is 8.80. The lowest BCUT2D eigenvalue weighted by molar-refractivity contribution is -0.301. The van der Waals surface area contributed by atoms with Crippen molar-refractivity contribution in [2.45, 2.75) is 302 Å². The predicted octanol–water partition coefficient (Wildman–Crippen LogP) is 14.5. The summed E-state index contributed by atoms with van der Waals surface area (Å²) in [5, 5.41) is 31.4. The molecule has 412 valence electrons. The lowest BCUT2D eigenvalue weighted by Gasteiger charge is -2.40. The highest BCUT2D eigenvalue weighted by Crippen LogP contribution is 2.26. The van der Waals surface area contributed by atoms with Gasteiger partial charge in [0.1, 0.15) is 18.8 Å². The Labute approximate surface area is 431 Å². The second kappa shape index (κ2) is 47.9. The average molecular weight is 1010 g/mol. The number of esters is 3. The normalized spacial score (nSPS) is 18.7. The van der Waals surface area contributed by atoms with E-state index in [9.17, 15) is 34.5 Å². The van der Waals surface area contributed by atoms with Gasteiger partial charge in [-0.05, 0) is 51.4 Å². The van der Waals surface area contributed by atoms with Crippen molar-refractivity contribution in [3.8, 4) is 0 Å². The fraction of sp³-hybridized carbons (Fsp3) is 0.831. The fourth-order valence-electron chi connectivity index (χ4n) is 8.80. The smallest absolute Gasteiger partial charge is 0.335 e. The number of unbranched alkanes of at least 4 members (excludes halogenated alkanes) is 29. The molecule has 1 saturated heterocycles. The molecule has 0 aromatic carbocycles. The molecule has 71 heavy (non-hydrogen) atoms. The quantitative estimate of drug-likeness (QED) is 0.0228. The van der Waals surface area contributed by atoms with Gasteiger partial charge in [0.15, 0.2) is 24.6 Å². The predicted molar refractivity (Wildman–Crippen MR) is 285 cm³/mol. The van der Waals surface area contributed by atoms with Crippen molar-refractivity contribution in [2.75, 3.05) is 13.2 Å². The van der Waals surface area contributed by atoms with Crippen LogP contribution in [0.15, 0.2) is 36.5 Å². The van der Waals surface area contributed by atoms with Gasteiger partial charge in [-0.2, -0.15) is 0 Å². The molecule has 0 bridgehead atoms. The molecule has 0 aliphatic carbocycles. The number of hydrogen-bond acceptors (Lipinski definition) is 11. The largest absolute Gasteiger partial charge is 0.479 e. The van der Waals surface area contributed by atoms with Crippen LogP contribution < -0.4 is 0 Å². The van der Waals surface area contributed by atoms with Gasteiger partial charge in [0.2, 0.25) is 0 Å². The molecule has 0 aromatic rings. The maximum absolute atomic E-state index is 13.1. The van der Waals surface area contributed by atoms with Gasteiger partial charge in [-0.15, -0.1) is 0 Å². The van der Waals surface area contributed by atoms with Crippen LogP contribution >= 0.6 is 0 Å². The molecule has 0 radical (unpaired) electrons. The Hall–Kier alpha value is -3.06. The SMILES string of the molecule is CC/C=C\C/C=C\C/C=C\CCCCCCCC(=O)OCC(COC1OC(C(=O)O)C(O)C(O)C1OC(=O)CCCCCCCCCCCCCCC)OC(=O)CCCCCCCCCCCCCCC. The highest BCUT2D eigenvalue weighted by atomic mass is 16.7. The Morgan fingerprint density at radius 3 is 1.35 bits per heavy atom. The first-order valence-electron chi connectivity index (χ1n) is 29.0. The monoisotopic (exact) mass is 1000 g/mol. The second-order valence-electron chi connectivity index (χ2n) is 19.9. The van der Waals surface area contributed by atoms with E-state index in [1.165, 1.54) is 109 Å². The van der Waals surface area contributed by atoms with Crippen molar-refractivity contribution in [1.29, 1.82) is 0 Å². The Morgan fingerprint density at radius 2 is 0.887 bits per heavy atom. The Kier molecular flexibility index (Phi) is 44.5. The number of carboxylic acids is 1. The van der Waals surface area contributed by atoms with Crippen molar-refractivity contribution in [3.63, 3.8) is 0 Å². The number of aliphatic carboxylic acids is 1. The van der Waals surface area contributed by atoms with E-state index in [4.69, 9.17) is 23.7 Å². The minimum atomic E-state index is -1.90. The van der Waals surface area contributed by atoms with Crippen LogP contribution in [0.25, 0.3) is 0 Å². The summed E-state index contributed by atoms with van der Waals surface area (Å²) in [6.45, 7) is 5.87. The molecule has 0 saturated carbocycles. The van der Waals surface area contributed by atoms with Gasteiger partial charge in [0.25, 0.3) is 0 Å². The molecular formula is C59H104O12. The maximum Gasteiger partial charge on any atom is 0.335 e. The van der Waals surface area contributed by atoms with Crippen LogP contribution in [0.5, 0.6) is 0 Å². The zero-order valence-electron chi connectivity index (χ0n) is 45.2. The molecule has 6 unspecified atom stereocenters. The first kappa shape index (κ1) is 66.0. The Balaban J connectivity index is 2.70. The lowest BCUT2D eigenvalue weighted by atomic mass is 9.98. The van der Waals surface area contributed by atoms with Gasteiger partial charge in [-0.1, -0.05) is 231 Å². The number of aliphatic hydroxyl groups excluding tert-OH is 2. The van der Waals surface area contributed by atoms with Crippen LogP contribution in [-0.2, 0) is 42.9 Å². The van der Waals surface area contributed by atoms with Crippen LogP contribution in [0.1, 0.15) is 265 Å². The third-order valence-electron chi connectivity index (χ3n) is 13.2. The van der Waals surface area contributed by atoms with Crippen LogP contribution in [0.3, 0.4) is 0 Å². The molecule has 0 amide bonds. The Bertz CT molecular complexity index is 1380. The zero-order chi connectivity index (χ0) is 51.8. The molecule has 1 rings (SSSR count). The molecule has 12 heteroatoms. The van der Waals surface area contributed by atoms with E-state index in [1.807, 2.05) is 0 Å². The maximum atomic E-state index is 13.1. The van der Waals surface area contributed by atoms with E-state index in [2.05, 4.69) is 57.2 Å². The Morgan fingerprint density at radius 1 is 0.479 bits per heavy atom. The third-order valence-corrected chi connectivity index (χ3v) is 13.2. The molecule has 1 aliphatic heterocycles. The number of carbonyl (C=O) groups excluding carboxylic acids is 3. The molecule has 6 atom stereocenters. The van der Waals surface area contributed by atoms with Crippen molar-refractivity contribution >= 4 is 23.9 Å². The van der Waals surface area contributed by atoms with E-state index in [0.717, 1.165) is 96.3 Å². The van der Waals surface area contributed by atoms with E-state index >= 15 is 0 Å². The highest BCUT2D eigenvalue weighted by molar-refractivity contribution is 5.74. The average Bonchev–Trinajstić information content (AvgIpc) is 3.35. The van der Waals surface area contributed by atoms with Crippen molar-refractivity contribution in [1.82, 2.24) is 0 Å². The first-order valence-corrected chi connectivity index (χ1v) is 29.0. The van der Waals surface area contributed by atoms with E-state index in [0.29, 0.717) is 19.3 Å². The number of rotatable bonds is 49. The number of carboxylic acid groups (broad SMARTS) is 1. The summed E-state index contributed by atoms with van der Waals surface area (Å²) in [5.41, 5.74) is 0. The number of ether oxygens (including phenoxy) is 5. The van der Waals surface area contributed by atoms with Gasteiger partial charge < -0.3 is 39.0 Å². The van der Waals surface area contributed by atoms with Crippen LogP contribution in [-0.4, -0.2) is 89.2 Å². The summed E-state index contributed by atoms with van der Waals surface area (Å²) in [6, 6.07) is 0. The molecule has 1 fully saturated rings. The first-order chi connectivity index (χ1) is 34.6. The topological polar surface area (TPSA) is 175 Å². The van der Waals surface area contributed by atoms with E-state index in [-0.39, 0.29) is 25.9 Å². The van der Waals surface area contributed by atoms with Gasteiger partial charge in [-0.25, -0.2) is 4.79 Å². The number of carbonyl (C=O) groups is 4. The molecular weight excluding hydrogens is 901 g/mol. The molecule has 3 N–H and O–H groups in total. The van der Waals surface area contributed by atoms with Crippen LogP contribution in [0.2, 0.25) is 0 Å². The van der Waals surface area contributed by atoms with E-state index in [1.54, 1.807) is 0 Å². The van der Waals surface area contributed by atoms with E-state index < -0.39 is 67.3 Å². The third kappa shape index (κ3) is 38.2. The van der Waals surface area contributed by atoms with Gasteiger partial charge in [0, 0.05) is 19.3 Å². The molecule has 0 aromatic heterocycles. The van der Waals surface area contributed by atoms with Crippen molar-refractivity contribution < 1.29 is 58.2 Å². The van der Waals surface area contributed by atoms with Gasteiger partial charge >= 0.3 is 23.9 Å². The summed E-state index contributed by atoms with van der Waals surface area (Å²) >= 11 is 0. The minimum absolute atomic E-state index is 0.0642. The summed E-state index contributed by atoms with van der Waals surface area (Å²) in [7, 11) is 0. The van der Waals surface area contributed by atoms with Crippen molar-refractivity contribution in [2.24, 2.45) is 0 Å². The molecule has 1 heterocycles. The summed E-state index contributed by atoms with van der Waals surface area (Å²) < 4.78 is 28.4. The summed E-state index contributed by atoms with van der Waals surface area (Å²) in [6.07, 6.45) is 42.6. The van der Waals surface area contributed by atoms with Crippen LogP contribution in [0.4, 0.5) is 0 Å². The zero-order valence-corrected chi connectivity index (χ0v) is 45.2. The lowest BCUT2D eigenvalue weighted by Crippen LogP contribution is -2.61. The highest BCUT2D eigenvalue weighted by Gasteiger charge is 2.50. The number of allylic oxidation sites excluding steroid dienone is 6. The number of hydrogen-bond donors (Lipinski definition) is 3. The second-order valence-corrected chi connectivity index (χ2v) is 19.9. The van der Waals surface area contributed by atoms with Crippen LogP contribution in [0, 0.1) is 0 Å². The van der Waals surface area contributed by atoms with Gasteiger partial charge in [0.05, 0.1) is 6.61 Å². The molecule has 0 spiro atoms. The van der Waals surface area contributed by atoms with Gasteiger partial charge in [-0.3, -0.25) is 14.4 Å².